The molecule has 0 saturated heterocycles. The Morgan fingerprint density at radius 1 is 0.520 bits per heavy atom. The van der Waals surface area contributed by atoms with Crippen molar-refractivity contribution >= 4 is 23.4 Å². The number of hydrogen-bond acceptors (Lipinski definition) is 6. The second-order valence-electron chi connectivity index (χ2n) is 14.8. The molecule has 8 heteroatoms. The molecule has 4 atom stereocenters. The van der Waals surface area contributed by atoms with Crippen molar-refractivity contribution in [1.29, 1.82) is 0 Å². The highest BCUT2D eigenvalue weighted by atomic mass is 16.2. The van der Waals surface area contributed by atoms with Crippen LogP contribution in [0.5, 0.6) is 0 Å². The summed E-state index contributed by atoms with van der Waals surface area (Å²) in [6, 6.07) is 5.07. The summed E-state index contributed by atoms with van der Waals surface area (Å²) in [6.45, 7) is 9.28. The van der Waals surface area contributed by atoms with Gasteiger partial charge in [-0.05, 0) is 30.7 Å². The van der Waals surface area contributed by atoms with Crippen molar-refractivity contribution in [3.63, 3.8) is 0 Å². The van der Waals surface area contributed by atoms with Crippen molar-refractivity contribution in [2.45, 2.75) is 181 Å². The van der Waals surface area contributed by atoms with Gasteiger partial charge in [-0.2, -0.15) is 0 Å². The van der Waals surface area contributed by atoms with Crippen LogP contribution in [-0.4, -0.2) is 48.6 Å². The van der Waals surface area contributed by atoms with Crippen LogP contribution in [0.1, 0.15) is 190 Å². The van der Waals surface area contributed by atoms with Crippen molar-refractivity contribution in [3.05, 3.63) is 35.4 Å². The van der Waals surface area contributed by atoms with Crippen molar-refractivity contribution in [1.82, 2.24) is 10.6 Å². The SMILES string of the molecule is CCCCCCCCCCCCNC(=O)[C@@H](N)C(C)CC(=O)c1cccc(C(=O)CC(C)[C@H](N)C(=O)NCCCCCCCCCCCC)c1. The fourth-order valence-electron chi connectivity index (χ4n) is 6.34. The Morgan fingerprint density at radius 3 is 1.14 bits per heavy atom. The second-order valence-corrected chi connectivity index (χ2v) is 14.8. The molecule has 1 aromatic carbocycles. The normalized spacial score (nSPS) is 13.7. The van der Waals surface area contributed by atoms with Crippen molar-refractivity contribution in [2.24, 2.45) is 23.3 Å². The molecule has 0 fully saturated rings. The summed E-state index contributed by atoms with van der Waals surface area (Å²) in [6.07, 6.45) is 24.9. The van der Waals surface area contributed by atoms with E-state index in [9.17, 15) is 19.2 Å². The zero-order valence-corrected chi connectivity index (χ0v) is 32.4. The van der Waals surface area contributed by atoms with Gasteiger partial charge < -0.3 is 22.1 Å². The number of rotatable bonds is 32. The maximum Gasteiger partial charge on any atom is 0.237 e. The summed E-state index contributed by atoms with van der Waals surface area (Å²) in [5.41, 5.74) is 13.3. The Kier molecular flexibility index (Phi) is 26.4. The molecule has 1 rings (SSSR count). The van der Waals surface area contributed by atoms with Crippen LogP contribution in [0, 0.1) is 11.8 Å². The Balaban J connectivity index is 2.36. The average molecular weight is 699 g/mol. The van der Waals surface area contributed by atoms with Gasteiger partial charge in [-0.1, -0.05) is 161 Å². The fraction of sp³-hybridized carbons (Fsp3) is 0.762. The third-order valence-corrected chi connectivity index (χ3v) is 10.0. The van der Waals surface area contributed by atoms with E-state index in [1.54, 1.807) is 24.3 Å². The Morgan fingerprint density at radius 2 is 0.820 bits per heavy atom. The topological polar surface area (TPSA) is 144 Å². The zero-order chi connectivity index (χ0) is 37.0. The molecule has 6 N–H and O–H groups in total. The highest BCUT2D eigenvalue weighted by Crippen LogP contribution is 2.18. The molecule has 8 nitrogen and oxygen atoms in total. The highest BCUT2D eigenvalue weighted by molar-refractivity contribution is 6.02. The predicted octanol–water partition coefficient (Wildman–Crippen LogP) is 8.83. The lowest BCUT2D eigenvalue weighted by Gasteiger charge is -2.19. The van der Waals surface area contributed by atoms with Crippen molar-refractivity contribution in [2.75, 3.05) is 13.1 Å². The zero-order valence-electron chi connectivity index (χ0n) is 32.4. The number of unbranched alkanes of at least 4 members (excludes halogenated alkanes) is 18. The smallest absolute Gasteiger partial charge is 0.237 e. The molecular formula is C42H74N4O4. The molecule has 1 aromatic rings. The van der Waals surface area contributed by atoms with Crippen LogP contribution < -0.4 is 22.1 Å². The van der Waals surface area contributed by atoms with E-state index < -0.39 is 12.1 Å². The quantitative estimate of drug-likeness (QED) is 0.0437. The minimum Gasteiger partial charge on any atom is -0.355 e. The number of nitrogens with two attached hydrogens (primary N) is 2. The van der Waals surface area contributed by atoms with Crippen LogP contribution in [0.2, 0.25) is 0 Å². The average Bonchev–Trinajstić information content (AvgIpc) is 3.11. The molecule has 0 aliphatic carbocycles. The Labute approximate surface area is 305 Å². The molecule has 0 radical (unpaired) electrons. The lowest BCUT2D eigenvalue weighted by Crippen LogP contribution is -2.45. The van der Waals surface area contributed by atoms with E-state index in [0.29, 0.717) is 24.2 Å². The van der Waals surface area contributed by atoms with E-state index >= 15 is 0 Å². The Bertz CT molecular complexity index is 998. The standard InChI is InChI=1S/C42H74N4O4/c1-5-7-9-11-13-15-17-19-21-23-28-45-41(49)39(43)33(3)30-37(47)35-26-25-27-36(32-35)38(48)31-34(4)40(44)42(50)46-29-24-22-20-18-16-14-12-10-8-6-2/h25-27,32-34,39-40H,5-24,28-31,43-44H2,1-4H3,(H,45,49)(H,46,50)/t33?,34?,39-,40-/m0/s1. The van der Waals surface area contributed by atoms with E-state index in [4.69, 9.17) is 11.5 Å². The van der Waals surface area contributed by atoms with Gasteiger partial charge in [0.05, 0.1) is 12.1 Å². The van der Waals surface area contributed by atoms with Gasteiger partial charge in [-0.25, -0.2) is 0 Å². The van der Waals surface area contributed by atoms with Crippen LogP contribution in [0.3, 0.4) is 0 Å². The number of benzene rings is 1. The number of hydrogen-bond donors (Lipinski definition) is 4. The van der Waals surface area contributed by atoms with Gasteiger partial charge in [-0.15, -0.1) is 0 Å². The first-order valence-electron chi connectivity index (χ1n) is 20.3. The number of amides is 2. The van der Waals surface area contributed by atoms with Crippen LogP contribution in [0.4, 0.5) is 0 Å². The van der Waals surface area contributed by atoms with Gasteiger partial charge >= 0.3 is 0 Å². The third-order valence-electron chi connectivity index (χ3n) is 10.0. The van der Waals surface area contributed by atoms with Crippen LogP contribution in [-0.2, 0) is 9.59 Å². The molecule has 0 aromatic heterocycles. The van der Waals surface area contributed by atoms with Crippen molar-refractivity contribution in [3.8, 4) is 0 Å². The van der Waals surface area contributed by atoms with E-state index in [-0.39, 0.29) is 48.1 Å². The van der Waals surface area contributed by atoms with E-state index in [1.807, 2.05) is 13.8 Å². The molecule has 0 aliphatic rings. The molecule has 0 saturated carbocycles. The summed E-state index contributed by atoms with van der Waals surface area (Å²) < 4.78 is 0. The first kappa shape index (κ1) is 45.4. The largest absolute Gasteiger partial charge is 0.355 e. The monoisotopic (exact) mass is 699 g/mol. The second kappa shape index (κ2) is 29.0. The first-order valence-corrected chi connectivity index (χ1v) is 20.3. The number of carbonyl (C=O) groups excluding carboxylic acids is 4. The Hall–Kier alpha value is -2.58. The fourth-order valence-corrected chi connectivity index (χ4v) is 6.34. The van der Waals surface area contributed by atoms with Crippen molar-refractivity contribution < 1.29 is 19.2 Å². The summed E-state index contributed by atoms with van der Waals surface area (Å²) in [5.74, 6) is -1.51. The molecular weight excluding hydrogens is 624 g/mol. The predicted molar refractivity (Wildman–Crippen MR) is 208 cm³/mol. The molecule has 0 spiro atoms. The van der Waals surface area contributed by atoms with Gasteiger partial charge in [-0.3, -0.25) is 19.2 Å². The number of ketones is 2. The lowest BCUT2D eigenvalue weighted by atomic mass is 9.90. The van der Waals surface area contributed by atoms with E-state index in [1.165, 1.54) is 103 Å². The molecule has 2 unspecified atom stereocenters. The minimum absolute atomic E-state index is 0.102. The maximum absolute atomic E-state index is 13.1. The minimum atomic E-state index is -0.787. The summed E-state index contributed by atoms with van der Waals surface area (Å²) in [4.78, 5) is 51.5. The number of nitrogens with one attached hydrogen (secondary N) is 2. The van der Waals surface area contributed by atoms with Crippen LogP contribution >= 0.6 is 0 Å². The number of carbonyl (C=O) groups is 4. The number of Topliss-reactive ketones (excluding diaryl/α,β-unsaturated/α-hetero) is 2. The van der Waals surface area contributed by atoms with Gasteiger partial charge in [0.15, 0.2) is 11.6 Å². The summed E-state index contributed by atoms with van der Waals surface area (Å²) in [7, 11) is 0. The molecule has 50 heavy (non-hydrogen) atoms. The van der Waals surface area contributed by atoms with Gasteiger partial charge in [0, 0.05) is 37.1 Å². The van der Waals surface area contributed by atoms with Crippen LogP contribution in [0.15, 0.2) is 24.3 Å². The molecule has 0 heterocycles. The summed E-state index contributed by atoms with van der Waals surface area (Å²) in [5, 5.41) is 5.86. The van der Waals surface area contributed by atoms with Gasteiger partial charge in [0.2, 0.25) is 11.8 Å². The summed E-state index contributed by atoms with van der Waals surface area (Å²) >= 11 is 0. The van der Waals surface area contributed by atoms with E-state index in [2.05, 4.69) is 24.5 Å². The lowest BCUT2D eigenvalue weighted by molar-refractivity contribution is -0.124. The van der Waals surface area contributed by atoms with Gasteiger partial charge in [0.25, 0.3) is 0 Å². The molecule has 286 valence electrons. The maximum atomic E-state index is 13.1. The molecule has 0 bridgehead atoms. The first-order chi connectivity index (χ1) is 24.1. The molecule has 2 amide bonds. The third kappa shape index (κ3) is 20.9. The van der Waals surface area contributed by atoms with E-state index in [0.717, 1.165) is 25.7 Å². The van der Waals surface area contributed by atoms with Gasteiger partial charge in [0.1, 0.15) is 0 Å². The molecule has 0 aliphatic heterocycles. The highest BCUT2D eigenvalue weighted by Gasteiger charge is 2.25. The van der Waals surface area contributed by atoms with Crippen LogP contribution in [0.25, 0.3) is 0 Å².